The van der Waals surface area contributed by atoms with Gasteiger partial charge in [0, 0.05) is 17.1 Å². The molecule has 0 spiro atoms. The second kappa shape index (κ2) is 5.28. The van der Waals surface area contributed by atoms with Crippen molar-refractivity contribution in [2.24, 2.45) is 0 Å². The summed E-state index contributed by atoms with van der Waals surface area (Å²) in [5.41, 5.74) is 0.484. The maximum absolute atomic E-state index is 12.8. The number of aromatic nitrogens is 1. The number of benzene rings is 1. The summed E-state index contributed by atoms with van der Waals surface area (Å²) < 4.78 is 50.9. The predicted octanol–water partition coefficient (Wildman–Crippen LogP) is 4.80. The van der Waals surface area contributed by atoms with E-state index in [1.165, 1.54) is 24.3 Å². The van der Waals surface area contributed by atoms with Crippen molar-refractivity contribution in [1.29, 1.82) is 0 Å². The molecule has 1 aromatic heterocycles. The molecule has 2 rings (SSSR count). The van der Waals surface area contributed by atoms with Crippen LogP contribution in [0.3, 0.4) is 0 Å². The summed E-state index contributed by atoms with van der Waals surface area (Å²) in [5.74, 6) is -0.441. The first-order valence-electron chi connectivity index (χ1n) is 5.30. The van der Waals surface area contributed by atoms with Crippen molar-refractivity contribution in [3.05, 3.63) is 53.6 Å². The second-order valence-electron chi connectivity index (χ2n) is 3.86. The molecule has 0 aliphatic heterocycles. The highest BCUT2D eigenvalue weighted by Crippen LogP contribution is 2.33. The Balaban J connectivity index is 2.56. The molecule has 100 valence electrons. The molecule has 0 fully saturated rings. The Morgan fingerprint density at radius 2 is 1.74 bits per heavy atom. The Labute approximate surface area is 115 Å². The van der Waals surface area contributed by atoms with E-state index < -0.39 is 17.6 Å². The molecule has 0 unspecified atom stereocenters. The topological polar surface area (TPSA) is 12.9 Å². The highest BCUT2D eigenvalue weighted by atomic mass is 79.9. The van der Waals surface area contributed by atoms with E-state index in [0.717, 1.165) is 12.3 Å². The molecule has 0 N–H and O–H groups in total. The zero-order chi connectivity index (χ0) is 14.0. The van der Waals surface area contributed by atoms with Gasteiger partial charge in [0.1, 0.15) is 5.82 Å². The van der Waals surface area contributed by atoms with E-state index in [2.05, 4.69) is 20.9 Å². The standard InChI is InChI=1S/C13H8BrF4N/c14-6-12-11(8-1-3-10(15)4-2-8)5-9(7-19-12)13(16,17)18/h1-5,7H,6H2. The lowest BCUT2D eigenvalue weighted by Gasteiger charge is -2.11. The van der Waals surface area contributed by atoms with Crippen LogP contribution in [0.1, 0.15) is 11.3 Å². The average molecular weight is 334 g/mol. The quantitative estimate of drug-likeness (QED) is 0.568. The zero-order valence-electron chi connectivity index (χ0n) is 9.51. The van der Waals surface area contributed by atoms with Gasteiger partial charge in [-0.25, -0.2) is 4.39 Å². The van der Waals surface area contributed by atoms with Crippen molar-refractivity contribution >= 4 is 15.9 Å². The Morgan fingerprint density at radius 3 is 2.26 bits per heavy atom. The first-order chi connectivity index (χ1) is 8.91. The SMILES string of the molecule is Fc1ccc(-c2cc(C(F)(F)F)cnc2CBr)cc1. The van der Waals surface area contributed by atoms with Crippen LogP contribution in [0.5, 0.6) is 0 Å². The minimum absolute atomic E-state index is 0.317. The van der Waals surface area contributed by atoms with Gasteiger partial charge in [0.25, 0.3) is 0 Å². The Bertz CT molecular complexity index is 578. The van der Waals surface area contributed by atoms with Crippen LogP contribution in [0.15, 0.2) is 36.5 Å². The monoisotopic (exact) mass is 333 g/mol. The van der Waals surface area contributed by atoms with E-state index in [1.807, 2.05) is 0 Å². The van der Waals surface area contributed by atoms with Crippen LogP contribution in [-0.2, 0) is 11.5 Å². The summed E-state index contributed by atoms with van der Waals surface area (Å²) >= 11 is 3.18. The fourth-order valence-electron chi connectivity index (χ4n) is 1.63. The van der Waals surface area contributed by atoms with Crippen molar-refractivity contribution in [2.75, 3.05) is 0 Å². The maximum atomic E-state index is 12.8. The van der Waals surface area contributed by atoms with Gasteiger partial charge in [0.2, 0.25) is 0 Å². The molecule has 1 nitrogen and oxygen atoms in total. The molecule has 0 atom stereocenters. The van der Waals surface area contributed by atoms with Gasteiger partial charge in [0.15, 0.2) is 0 Å². The molecule has 2 aromatic rings. The van der Waals surface area contributed by atoms with Gasteiger partial charge in [0.05, 0.1) is 11.3 Å². The predicted molar refractivity (Wildman–Crippen MR) is 67.3 cm³/mol. The number of pyridine rings is 1. The number of rotatable bonds is 2. The lowest BCUT2D eigenvalue weighted by atomic mass is 10.0. The van der Waals surface area contributed by atoms with Crippen molar-refractivity contribution in [1.82, 2.24) is 4.98 Å². The molecular formula is C13H8BrF4N. The van der Waals surface area contributed by atoms with Crippen molar-refractivity contribution in [3.63, 3.8) is 0 Å². The Hall–Kier alpha value is -1.43. The molecule has 0 saturated heterocycles. The van der Waals surface area contributed by atoms with E-state index in [-0.39, 0.29) is 0 Å². The molecule has 0 radical (unpaired) electrons. The van der Waals surface area contributed by atoms with Crippen LogP contribution in [0.2, 0.25) is 0 Å². The van der Waals surface area contributed by atoms with Crippen LogP contribution < -0.4 is 0 Å². The third-order valence-electron chi connectivity index (χ3n) is 2.58. The third kappa shape index (κ3) is 3.12. The normalized spacial score (nSPS) is 11.6. The minimum atomic E-state index is -4.45. The summed E-state index contributed by atoms with van der Waals surface area (Å²) in [4.78, 5) is 3.80. The van der Waals surface area contributed by atoms with Crippen LogP contribution in [0.25, 0.3) is 11.1 Å². The smallest absolute Gasteiger partial charge is 0.259 e. The number of hydrogen-bond donors (Lipinski definition) is 0. The van der Waals surface area contributed by atoms with Gasteiger partial charge in [-0.05, 0) is 23.8 Å². The first kappa shape index (κ1) is 14.0. The molecule has 6 heteroatoms. The minimum Gasteiger partial charge on any atom is -0.259 e. The van der Waals surface area contributed by atoms with Gasteiger partial charge in [-0.2, -0.15) is 13.2 Å². The molecule has 0 aliphatic rings. The largest absolute Gasteiger partial charge is 0.417 e. The highest BCUT2D eigenvalue weighted by Gasteiger charge is 2.31. The number of nitrogens with zero attached hydrogens (tertiary/aromatic N) is 1. The van der Waals surface area contributed by atoms with Crippen molar-refractivity contribution < 1.29 is 17.6 Å². The summed E-state index contributed by atoms with van der Waals surface area (Å²) in [7, 11) is 0. The lowest BCUT2D eigenvalue weighted by Crippen LogP contribution is -2.07. The maximum Gasteiger partial charge on any atom is 0.417 e. The summed E-state index contributed by atoms with van der Waals surface area (Å²) in [5, 5.41) is 0.317. The van der Waals surface area contributed by atoms with Gasteiger partial charge in [-0.3, -0.25) is 4.98 Å². The van der Waals surface area contributed by atoms with Gasteiger partial charge >= 0.3 is 6.18 Å². The number of hydrogen-bond acceptors (Lipinski definition) is 1. The summed E-state index contributed by atoms with van der Waals surface area (Å²) in [6.07, 6.45) is -3.66. The fraction of sp³-hybridized carbons (Fsp3) is 0.154. The van der Waals surface area contributed by atoms with E-state index in [9.17, 15) is 17.6 Å². The molecular weight excluding hydrogens is 326 g/mol. The van der Waals surface area contributed by atoms with Crippen molar-refractivity contribution in [2.45, 2.75) is 11.5 Å². The first-order valence-corrected chi connectivity index (χ1v) is 6.42. The van der Waals surface area contributed by atoms with Crippen LogP contribution in [0.4, 0.5) is 17.6 Å². The van der Waals surface area contributed by atoms with E-state index >= 15 is 0 Å². The third-order valence-corrected chi connectivity index (χ3v) is 3.11. The summed E-state index contributed by atoms with van der Waals surface area (Å²) in [6.45, 7) is 0. The second-order valence-corrected chi connectivity index (χ2v) is 4.42. The van der Waals surface area contributed by atoms with E-state index in [0.29, 0.717) is 22.2 Å². The molecule has 1 heterocycles. The van der Waals surface area contributed by atoms with E-state index in [4.69, 9.17) is 0 Å². The van der Waals surface area contributed by atoms with Crippen LogP contribution >= 0.6 is 15.9 Å². The van der Waals surface area contributed by atoms with Crippen LogP contribution in [-0.4, -0.2) is 4.98 Å². The van der Waals surface area contributed by atoms with Gasteiger partial charge in [-0.1, -0.05) is 28.1 Å². The molecule has 0 amide bonds. The molecule has 1 aromatic carbocycles. The van der Waals surface area contributed by atoms with E-state index in [1.54, 1.807) is 0 Å². The number of halogens is 5. The van der Waals surface area contributed by atoms with Crippen molar-refractivity contribution in [3.8, 4) is 11.1 Å². The fourth-order valence-corrected chi connectivity index (χ4v) is 2.08. The van der Waals surface area contributed by atoms with Gasteiger partial charge in [-0.15, -0.1) is 0 Å². The van der Waals surface area contributed by atoms with Gasteiger partial charge < -0.3 is 0 Å². The molecule has 19 heavy (non-hydrogen) atoms. The highest BCUT2D eigenvalue weighted by molar-refractivity contribution is 9.08. The van der Waals surface area contributed by atoms with Crippen LogP contribution in [0, 0.1) is 5.82 Å². The summed E-state index contributed by atoms with van der Waals surface area (Å²) in [6, 6.07) is 6.29. The molecule has 0 aliphatic carbocycles. The Morgan fingerprint density at radius 1 is 1.11 bits per heavy atom. The Kier molecular flexibility index (Phi) is 3.89. The zero-order valence-corrected chi connectivity index (χ0v) is 11.1. The molecule has 0 bridgehead atoms. The lowest BCUT2D eigenvalue weighted by molar-refractivity contribution is -0.137. The average Bonchev–Trinajstić information content (AvgIpc) is 2.38. The number of alkyl halides is 4. The molecule has 0 saturated carbocycles.